The highest BCUT2D eigenvalue weighted by atomic mass is 16.7. The average molecular weight is 809 g/mol. The maximum absolute atomic E-state index is 14.8. The largest absolute Gasteiger partial charge is 0.481 e. The Morgan fingerprint density at radius 3 is 2.04 bits per heavy atom. The van der Waals surface area contributed by atoms with Gasteiger partial charge in [0.25, 0.3) is 0 Å². The number of carboxylic acid groups (broad SMARTS) is 2. The number of rotatable bonds is 7. The van der Waals surface area contributed by atoms with Gasteiger partial charge in [-0.05, 0) is 110 Å². The smallest absolute Gasteiger partial charge is 0.335 e. The highest BCUT2D eigenvalue weighted by Gasteiger charge is 2.70. The first-order chi connectivity index (χ1) is 26.4. The summed E-state index contributed by atoms with van der Waals surface area (Å²) in [7, 11) is 0. The second-order valence-electron chi connectivity index (χ2n) is 20.6. The number of carboxylic acids is 2. The van der Waals surface area contributed by atoms with Crippen LogP contribution in [0, 0.1) is 50.2 Å². The molecule has 0 aromatic heterocycles. The van der Waals surface area contributed by atoms with Gasteiger partial charge in [0.2, 0.25) is 0 Å². The summed E-state index contributed by atoms with van der Waals surface area (Å²) in [6.45, 7) is 14.6. The molecule has 2 aliphatic heterocycles. The summed E-state index contributed by atoms with van der Waals surface area (Å²) in [6.07, 6.45) is -8.99. The molecule has 6 fully saturated rings. The molecule has 4 saturated carbocycles. The Kier molecular flexibility index (Phi) is 10.8. The SMILES string of the molecule is CC1(C)[C@@H](O[C@@H]2O[C@H](CO[C@@H]3O[C@H](C(=O)O)[C@@H](O)[C@H](O)[C@H]3O)[C@H](O)[C@H](O)[C@H]2O)CC[C@]2(C)[C@H]3C(=O)C=C4[C@H]5C[C@@](C)(C(=O)O)CC[C@]5(C)CC[C@@]4(C)[C@]3(C)CC[C@@H]12. The normalized spacial score (nSPS) is 53.4. The topological polar surface area (TPSA) is 250 Å². The zero-order valence-corrected chi connectivity index (χ0v) is 34.2. The van der Waals surface area contributed by atoms with Crippen molar-refractivity contribution in [1.29, 1.82) is 0 Å². The summed E-state index contributed by atoms with van der Waals surface area (Å²) >= 11 is 0. The van der Waals surface area contributed by atoms with Gasteiger partial charge in [-0.2, -0.15) is 0 Å². The second kappa shape index (κ2) is 14.3. The number of hydrogen-bond donors (Lipinski definition) is 8. The van der Waals surface area contributed by atoms with Crippen LogP contribution in [0.2, 0.25) is 0 Å². The quantitative estimate of drug-likeness (QED) is 0.172. The molecule has 5 aliphatic carbocycles. The minimum Gasteiger partial charge on any atom is -0.481 e. The van der Waals surface area contributed by atoms with E-state index in [1.807, 2.05) is 13.0 Å². The first-order valence-corrected chi connectivity index (χ1v) is 20.7. The van der Waals surface area contributed by atoms with Crippen LogP contribution in [0.4, 0.5) is 0 Å². The predicted molar refractivity (Wildman–Crippen MR) is 199 cm³/mol. The molecule has 0 aromatic carbocycles. The van der Waals surface area contributed by atoms with Crippen LogP contribution in [0.5, 0.6) is 0 Å². The molecular weight excluding hydrogens is 744 g/mol. The van der Waals surface area contributed by atoms with Crippen LogP contribution in [0.15, 0.2) is 11.6 Å². The van der Waals surface area contributed by atoms with E-state index in [0.717, 1.165) is 37.7 Å². The number of allylic oxidation sites excluding steroid dienone is 2. The number of carbonyl (C=O) groups excluding carboxylic acids is 1. The number of carbonyl (C=O) groups is 3. The van der Waals surface area contributed by atoms with E-state index in [2.05, 4.69) is 41.5 Å². The maximum Gasteiger partial charge on any atom is 0.335 e. The van der Waals surface area contributed by atoms with Crippen LogP contribution in [0.1, 0.15) is 106 Å². The highest BCUT2D eigenvalue weighted by Crippen LogP contribution is 2.75. The lowest BCUT2D eigenvalue weighted by atomic mass is 9.33. The van der Waals surface area contributed by atoms with E-state index in [1.165, 1.54) is 0 Å². The van der Waals surface area contributed by atoms with E-state index in [1.54, 1.807) is 0 Å². The van der Waals surface area contributed by atoms with Gasteiger partial charge in [0, 0.05) is 5.92 Å². The lowest BCUT2D eigenvalue weighted by Gasteiger charge is -2.70. The van der Waals surface area contributed by atoms with Crippen molar-refractivity contribution in [3.05, 3.63) is 11.6 Å². The Hall–Kier alpha value is -2.05. The van der Waals surface area contributed by atoms with Gasteiger partial charge >= 0.3 is 11.9 Å². The molecule has 0 aromatic rings. The molecule has 0 unspecified atom stereocenters. The van der Waals surface area contributed by atoms with Gasteiger partial charge in [-0.1, -0.05) is 47.1 Å². The van der Waals surface area contributed by atoms with Crippen molar-refractivity contribution in [2.24, 2.45) is 50.2 Å². The summed E-state index contributed by atoms with van der Waals surface area (Å²) in [5, 5.41) is 83.0. The maximum atomic E-state index is 14.8. The number of ether oxygens (including phenoxy) is 4. The third kappa shape index (κ3) is 6.39. The van der Waals surface area contributed by atoms with Crippen LogP contribution >= 0.6 is 0 Å². The minimum atomic E-state index is -1.92. The Bertz CT molecular complexity index is 1650. The van der Waals surface area contributed by atoms with Crippen LogP contribution in [0.25, 0.3) is 0 Å². The molecular formula is C42H64O15. The Balaban J connectivity index is 1.09. The number of hydrogen-bond acceptors (Lipinski definition) is 13. The predicted octanol–water partition coefficient (Wildman–Crippen LogP) is 2.15. The van der Waals surface area contributed by atoms with Crippen LogP contribution in [0.3, 0.4) is 0 Å². The molecule has 322 valence electrons. The second-order valence-corrected chi connectivity index (χ2v) is 20.6. The van der Waals surface area contributed by atoms with Crippen molar-refractivity contribution >= 4 is 17.7 Å². The van der Waals surface area contributed by atoms with Crippen molar-refractivity contribution in [2.45, 2.75) is 174 Å². The van der Waals surface area contributed by atoms with Gasteiger partial charge in [-0.15, -0.1) is 0 Å². The van der Waals surface area contributed by atoms with Crippen LogP contribution < -0.4 is 0 Å². The van der Waals surface area contributed by atoms with Crippen molar-refractivity contribution in [1.82, 2.24) is 0 Å². The number of ketones is 1. The fourth-order valence-corrected chi connectivity index (χ4v) is 13.3. The van der Waals surface area contributed by atoms with Gasteiger partial charge < -0.3 is 59.8 Å². The summed E-state index contributed by atoms with van der Waals surface area (Å²) in [5.41, 5.74) is -1.33. The molecule has 15 heteroatoms. The summed E-state index contributed by atoms with van der Waals surface area (Å²) in [5.74, 6) is -2.48. The van der Waals surface area contributed by atoms with Crippen molar-refractivity contribution in [3.8, 4) is 0 Å². The molecule has 8 N–H and O–H groups in total. The average Bonchev–Trinajstić information content (AvgIpc) is 3.13. The molecule has 15 nitrogen and oxygen atoms in total. The molecule has 7 rings (SSSR count). The third-order valence-electron chi connectivity index (χ3n) is 17.2. The highest BCUT2D eigenvalue weighted by molar-refractivity contribution is 5.95. The van der Waals surface area contributed by atoms with Gasteiger partial charge in [-0.3, -0.25) is 9.59 Å². The molecule has 2 heterocycles. The van der Waals surface area contributed by atoms with E-state index >= 15 is 0 Å². The van der Waals surface area contributed by atoms with E-state index in [9.17, 15) is 55.2 Å². The number of aliphatic hydroxyl groups excluding tert-OH is 6. The van der Waals surface area contributed by atoms with E-state index in [-0.39, 0.29) is 39.8 Å². The zero-order chi connectivity index (χ0) is 42.0. The summed E-state index contributed by atoms with van der Waals surface area (Å²) in [4.78, 5) is 38.8. The van der Waals surface area contributed by atoms with Crippen molar-refractivity contribution in [2.75, 3.05) is 6.61 Å². The minimum absolute atomic E-state index is 0.0188. The lowest BCUT2D eigenvalue weighted by molar-refractivity contribution is -0.343. The molecule has 7 aliphatic rings. The summed E-state index contributed by atoms with van der Waals surface area (Å²) in [6, 6.07) is 0. The van der Waals surface area contributed by atoms with E-state index < -0.39 is 102 Å². The van der Waals surface area contributed by atoms with Crippen molar-refractivity contribution in [3.63, 3.8) is 0 Å². The van der Waals surface area contributed by atoms with Crippen LogP contribution in [-0.4, -0.2) is 133 Å². The van der Waals surface area contributed by atoms with Gasteiger partial charge in [0.15, 0.2) is 24.5 Å². The fourth-order valence-electron chi connectivity index (χ4n) is 13.3. The molecule has 0 spiro atoms. The first-order valence-electron chi connectivity index (χ1n) is 20.7. The summed E-state index contributed by atoms with van der Waals surface area (Å²) < 4.78 is 23.2. The molecule has 0 radical (unpaired) electrons. The number of aliphatic hydroxyl groups is 6. The molecule has 0 bridgehead atoms. The fraction of sp³-hybridized carbons (Fsp3) is 0.881. The molecule has 19 atom stereocenters. The Morgan fingerprint density at radius 1 is 0.754 bits per heavy atom. The van der Waals surface area contributed by atoms with Crippen LogP contribution in [-0.2, 0) is 33.3 Å². The third-order valence-corrected chi connectivity index (χ3v) is 17.2. The number of aliphatic carboxylic acids is 2. The molecule has 57 heavy (non-hydrogen) atoms. The monoisotopic (exact) mass is 808 g/mol. The van der Waals surface area contributed by atoms with Gasteiger partial charge in [-0.25, -0.2) is 4.79 Å². The molecule has 2 saturated heterocycles. The Labute approximate surface area is 333 Å². The zero-order valence-electron chi connectivity index (χ0n) is 34.2. The first kappa shape index (κ1) is 43.1. The Morgan fingerprint density at radius 2 is 1.39 bits per heavy atom. The van der Waals surface area contributed by atoms with Crippen molar-refractivity contribution < 1.29 is 74.2 Å². The van der Waals surface area contributed by atoms with Gasteiger partial charge in [0.05, 0.1) is 18.1 Å². The van der Waals surface area contributed by atoms with E-state index in [4.69, 9.17) is 18.9 Å². The standard InChI is InChI=1S/C42H64O15/c1-37(2)23-8-11-42(7)32(21(43)16-19-20-17-39(4,36(52)53)13-12-38(20,3)14-15-41(19,42)6)40(23,5)10-9-24(37)56-35-30(49)26(45)25(44)22(55-35)18-54-34-29(48)27(46)28(47)31(57-34)33(50)51/h16,20,22-32,34-35,44-49H,8-15,17-18H2,1-7H3,(H,50,51)(H,52,53)/t20-,22-,23+,24+,25+,26+,27+,28+,29-,30-,31+,32-,34-,35+,38-,39+,40+,41-,42-/m1/s1. The van der Waals surface area contributed by atoms with Gasteiger partial charge in [0.1, 0.15) is 42.7 Å². The number of fused-ring (bicyclic) bond motifs is 7. The molecule has 0 amide bonds. The lowest BCUT2D eigenvalue weighted by Crippen LogP contribution is -2.67. The van der Waals surface area contributed by atoms with E-state index in [0.29, 0.717) is 25.7 Å².